The van der Waals surface area contributed by atoms with E-state index in [1.54, 1.807) is 36.9 Å². The molecule has 2 amide bonds. The maximum Gasteiger partial charge on any atom is 0.272 e. The third-order valence-corrected chi connectivity index (χ3v) is 4.95. The number of hydrogen-bond donors (Lipinski definition) is 2. The van der Waals surface area contributed by atoms with Crippen molar-refractivity contribution in [3.05, 3.63) is 41.3 Å². The van der Waals surface area contributed by atoms with Crippen LogP contribution in [0.25, 0.3) is 11.3 Å². The molecule has 1 aliphatic rings. The maximum atomic E-state index is 13.5. The monoisotopic (exact) mass is 372 g/mol. The van der Waals surface area contributed by atoms with E-state index in [1.807, 2.05) is 0 Å². The molecule has 1 aromatic carbocycles. The Labute approximate surface area is 158 Å². The minimum absolute atomic E-state index is 0.0725. The quantitative estimate of drug-likeness (QED) is 0.847. The zero-order valence-electron chi connectivity index (χ0n) is 15.7. The van der Waals surface area contributed by atoms with Gasteiger partial charge in [-0.25, -0.2) is 4.39 Å². The minimum atomic E-state index is -0.408. The molecule has 3 rings (SSSR count). The molecule has 1 heterocycles. The van der Waals surface area contributed by atoms with Gasteiger partial charge in [0, 0.05) is 18.7 Å². The number of rotatable bonds is 5. The second-order valence-corrected chi connectivity index (χ2v) is 7.09. The first kappa shape index (κ1) is 19.1. The standard InChI is InChI=1S/C20H25FN4O2/c1-13-10-14(8-9-16(13)21)18-11-17(24-25(18)2)20(27)22-12-19(26)23-15-6-4-3-5-7-15/h8-11,15H,3-7,12H2,1-2H3,(H,22,27)(H,23,26). The Morgan fingerprint density at radius 3 is 2.67 bits per heavy atom. The van der Waals surface area contributed by atoms with Crippen LogP contribution in [0.3, 0.4) is 0 Å². The van der Waals surface area contributed by atoms with E-state index in [1.165, 1.54) is 12.5 Å². The first-order valence-corrected chi connectivity index (χ1v) is 9.32. The molecule has 0 unspecified atom stereocenters. The summed E-state index contributed by atoms with van der Waals surface area (Å²) in [5.41, 5.74) is 2.23. The van der Waals surface area contributed by atoms with Crippen molar-refractivity contribution in [2.24, 2.45) is 7.05 Å². The van der Waals surface area contributed by atoms with Gasteiger partial charge in [-0.2, -0.15) is 5.10 Å². The van der Waals surface area contributed by atoms with Crippen molar-refractivity contribution in [1.82, 2.24) is 20.4 Å². The summed E-state index contributed by atoms with van der Waals surface area (Å²) < 4.78 is 15.0. The van der Waals surface area contributed by atoms with Crippen LogP contribution in [-0.2, 0) is 11.8 Å². The largest absolute Gasteiger partial charge is 0.352 e. The van der Waals surface area contributed by atoms with Gasteiger partial charge in [-0.05, 0) is 49.6 Å². The van der Waals surface area contributed by atoms with Gasteiger partial charge in [-0.1, -0.05) is 19.3 Å². The van der Waals surface area contributed by atoms with Crippen molar-refractivity contribution in [2.75, 3.05) is 6.54 Å². The number of carbonyl (C=O) groups is 2. The topological polar surface area (TPSA) is 76.0 Å². The predicted octanol–water partition coefficient (Wildman–Crippen LogP) is 2.71. The molecule has 6 nitrogen and oxygen atoms in total. The summed E-state index contributed by atoms with van der Waals surface area (Å²) in [5.74, 6) is -0.863. The number of nitrogens with zero attached hydrogens (tertiary/aromatic N) is 2. The minimum Gasteiger partial charge on any atom is -0.352 e. The molecule has 1 fully saturated rings. The summed E-state index contributed by atoms with van der Waals surface area (Å²) in [4.78, 5) is 24.4. The second-order valence-electron chi connectivity index (χ2n) is 7.09. The van der Waals surface area contributed by atoms with Crippen molar-refractivity contribution in [2.45, 2.75) is 45.1 Å². The number of halogens is 1. The Bertz CT molecular complexity index is 841. The fourth-order valence-corrected chi connectivity index (χ4v) is 3.43. The lowest BCUT2D eigenvalue weighted by Crippen LogP contribution is -2.42. The highest BCUT2D eigenvalue weighted by atomic mass is 19.1. The molecular weight excluding hydrogens is 347 g/mol. The summed E-state index contributed by atoms with van der Waals surface area (Å²) in [6, 6.07) is 6.62. The number of hydrogen-bond acceptors (Lipinski definition) is 3. The van der Waals surface area contributed by atoms with Crippen LogP contribution in [0.15, 0.2) is 24.3 Å². The molecule has 2 N–H and O–H groups in total. The van der Waals surface area contributed by atoms with Gasteiger partial charge in [0.15, 0.2) is 5.69 Å². The molecule has 0 bridgehead atoms. The van der Waals surface area contributed by atoms with Crippen molar-refractivity contribution >= 4 is 11.8 Å². The zero-order chi connectivity index (χ0) is 19.4. The molecule has 0 atom stereocenters. The third-order valence-electron chi connectivity index (χ3n) is 4.95. The Morgan fingerprint density at radius 1 is 1.22 bits per heavy atom. The first-order valence-electron chi connectivity index (χ1n) is 9.32. The third kappa shape index (κ3) is 4.72. The van der Waals surface area contributed by atoms with Crippen LogP contribution >= 0.6 is 0 Å². The molecule has 2 aromatic rings. The Hall–Kier alpha value is -2.70. The zero-order valence-corrected chi connectivity index (χ0v) is 15.7. The molecular formula is C20H25FN4O2. The highest BCUT2D eigenvalue weighted by Gasteiger charge is 2.18. The van der Waals surface area contributed by atoms with Crippen LogP contribution in [0.5, 0.6) is 0 Å². The van der Waals surface area contributed by atoms with Gasteiger partial charge < -0.3 is 10.6 Å². The molecule has 1 aromatic heterocycles. The van der Waals surface area contributed by atoms with Crippen LogP contribution in [0.4, 0.5) is 4.39 Å². The van der Waals surface area contributed by atoms with Crippen LogP contribution in [0.1, 0.15) is 48.2 Å². The average molecular weight is 372 g/mol. The van der Waals surface area contributed by atoms with E-state index < -0.39 is 5.91 Å². The van der Waals surface area contributed by atoms with E-state index in [9.17, 15) is 14.0 Å². The number of aryl methyl sites for hydroxylation is 2. The Morgan fingerprint density at radius 2 is 1.96 bits per heavy atom. The van der Waals surface area contributed by atoms with E-state index in [4.69, 9.17) is 0 Å². The number of aromatic nitrogens is 2. The lowest BCUT2D eigenvalue weighted by atomic mass is 9.95. The van der Waals surface area contributed by atoms with Crippen molar-refractivity contribution in [3.63, 3.8) is 0 Å². The average Bonchev–Trinajstić information content (AvgIpc) is 3.05. The van der Waals surface area contributed by atoms with Crippen LogP contribution in [0, 0.1) is 12.7 Å². The van der Waals surface area contributed by atoms with Crippen LogP contribution in [-0.4, -0.2) is 34.2 Å². The number of carbonyl (C=O) groups excluding carboxylic acids is 2. The van der Waals surface area contributed by atoms with Gasteiger partial charge in [0.2, 0.25) is 5.91 Å². The van der Waals surface area contributed by atoms with Gasteiger partial charge >= 0.3 is 0 Å². The van der Waals surface area contributed by atoms with Crippen LogP contribution < -0.4 is 10.6 Å². The molecule has 27 heavy (non-hydrogen) atoms. The van der Waals surface area contributed by atoms with E-state index in [0.29, 0.717) is 11.3 Å². The van der Waals surface area contributed by atoms with E-state index in [2.05, 4.69) is 15.7 Å². The van der Waals surface area contributed by atoms with Gasteiger partial charge in [-0.15, -0.1) is 0 Å². The summed E-state index contributed by atoms with van der Waals surface area (Å²) in [5, 5.41) is 9.79. The fraction of sp³-hybridized carbons (Fsp3) is 0.450. The molecule has 1 aliphatic carbocycles. The fourth-order valence-electron chi connectivity index (χ4n) is 3.43. The number of benzene rings is 1. The Kier molecular flexibility index (Phi) is 5.88. The molecule has 0 aliphatic heterocycles. The molecule has 7 heteroatoms. The van der Waals surface area contributed by atoms with E-state index in [-0.39, 0.29) is 30.0 Å². The highest BCUT2D eigenvalue weighted by molar-refractivity contribution is 5.95. The molecule has 0 spiro atoms. The normalized spacial score (nSPS) is 14.8. The highest BCUT2D eigenvalue weighted by Crippen LogP contribution is 2.22. The Balaban J connectivity index is 1.60. The van der Waals surface area contributed by atoms with Crippen molar-refractivity contribution in [1.29, 1.82) is 0 Å². The lowest BCUT2D eigenvalue weighted by Gasteiger charge is -2.22. The number of nitrogens with one attached hydrogen (secondary N) is 2. The maximum absolute atomic E-state index is 13.5. The molecule has 0 radical (unpaired) electrons. The first-order chi connectivity index (χ1) is 12.9. The SMILES string of the molecule is Cc1cc(-c2cc(C(=O)NCC(=O)NC3CCCCC3)nn2C)ccc1F. The molecule has 144 valence electrons. The molecule has 0 saturated heterocycles. The van der Waals surface area contributed by atoms with Gasteiger partial charge in [0.05, 0.1) is 12.2 Å². The van der Waals surface area contributed by atoms with Crippen molar-refractivity contribution in [3.8, 4) is 11.3 Å². The molecule has 1 saturated carbocycles. The van der Waals surface area contributed by atoms with E-state index in [0.717, 1.165) is 31.2 Å². The summed E-state index contributed by atoms with van der Waals surface area (Å²) in [6.07, 6.45) is 5.49. The summed E-state index contributed by atoms with van der Waals surface area (Å²) in [6.45, 7) is 1.62. The predicted molar refractivity (Wildman–Crippen MR) is 101 cm³/mol. The van der Waals surface area contributed by atoms with Gasteiger partial charge in [0.25, 0.3) is 5.91 Å². The summed E-state index contributed by atoms with van der Waals surface area (Å²) in [7, 11) is 1.72. The van der Waals surface area contributed by atoms with Crippen molar-refractivity contribution < 1.29 is 14.0 Å². The second kappa shape index (κ2) is 8.33. The summed E-state index contributed by atoms with van der Waals surface area (Å²) >= 11 is 0. The van der Waals surface area contributed by atoms with E-state index >= 15 is 0 Å². The van der Waals surface area contributed by atoms with Gasteiger partial charge in [0.1, 0.15) is 5.82 Å². The van der Waals surface area contributed by atoms with Crippen LogP contribution in [0.2, 0.25) is 0 Å². The lowest BCUT2D eigenvalue weighted by molar-refractivity contribution is -0.121. The number of amides is 2. The van der Waals surface area contributed by atoms with Gasteiger partial charge in [-0.3, -0.25) is 14.3 Å². The smallest absolute Gasteiger partial charge is 0.272 e.